The van der Waals surface area contributed by atoms with Gasteiger partial charge in [0, 0.05) is 21.9 Å². The van der Waals surface area contributed by atoms with Gasteiger partial charge in [0.1, 0.15) is 5.82 Å². The van der Waals surface area contributed by atoms with Crippen molar-refractivity contribution in [2.24, 2.45) is 0 Å². The lowest BCUT2D eigenvalue weighted by atomic mass is 10.3. The van der Waals surface area contributed by atoms with Gasteiger partial charge in [-0.1, -0.05) is 29.4 Å². The van der Waals surface area contributed by atoms with Crippen molar-refractivity contribution >= 4 is 46.0 Å². The molecule has 0 saturated carbocycles. The molecule has 1 N–H and O–H groups in total. The van der Waals surface area contributed by atoms with Crippen molar-refractivity contribution in [3.8, 4) is 0 Å². The molecule has 3 heterocycles. The van der Waals surface area contributed by atoms with Crippen molar-refractivity contribution in [2.75, 3.05) is 0 Å². The first-order valence-electron chi connectivity index (χ1n) is 5.60. The highest BCUT2D eigenvalue weighted by molar-refractivity contribution is 7.98. The van der Waals surface area contributed by atoms with Gasteiger partial charge in [0.25, 0.3) is 0 Å². The Hall–Kier alpha value is -0.820. The number of nitrogens with one attached hydrogen (secondary N) is 1. The molecule has 3 aromatic rings. The second-order valence-electron chi connectivity index (χ2n) is 3.82. The van der Waals surface area contributed by atoms with E-state index in [2.05, 4.69) is 26.6 Å². The lowest BCUT2D eigenvalue weighted by Gasteiger charge is -1.92. The molecular weight excluding hydrogens is 318 g/mol. The molecule has 3 aromatic heterocycles. The maximum absolute atomic E-state index is 5.90. The molecular formula is C12H10ClN3S3. The Kier molecular flexibility index (Phi) is 4.22. The highest BCUT2D eigenvalue weighted by atomic mass is 35.5. The molecule has 0 radical (unpaired) electrons. The lowest BCUT2D eigenvalue weighted by molar-refractivity contribution is 0.960. The van der Waals surface area contributed by atoms with Crippen LogP contribution < -0.4 is 0 Å². The lowest BCUT2D eigenvalue weighted by Crippen LogP contribution is -1.87. The number of thiophene rings is 2. The summed E-state index contributed by atoms with van der Waals surface area (Å²) in [4.78, 5) is 7.01. The molecule has 0 spiro atoms. The monoisotopic (exact) mass is 327 g/mol. The summed E-state index contributed by atoms with van der Waals surface area (Å²) in [6, 6.07) is 8.11. The van der Waals surface area contributed by atoms with E-state index in [1.165, 1.54) is 9.75 Å². The highest BCUT2D eigenvalue weighted by Crippen LogP contribution is 2.27. The van der Waals surface area contributed by atoms with Crippen LogP contribution in [-0.2, 0) is 12.2 Å². The van der Waals surface area contributed by atoms with Gasteiger partial charge < -0.3 is 0 Å². The van der Waals surface area contributed by atoms with Gasteiger partial charge in [-0.3, -0.25) is 5.10 Å². The van der Waals surface area contributed by atoms with Crippen LogP contribution in [0.3, 0.4) is 0 Å². The number of halogens is 1. The third kappa shape index (κ3) is 3.60. The molecule has 3 rings (SSSR count). The molecule has 0 unspecified atom stereocenters. The second-order valence-corrected chi connectivity index (χ2v) is 7.59. The molecule has 0 amide bonds. The molecule has 0 saturated heterocycles. The minimum Gasteiger partial charge on any atom is -0.262 e. The average Bonchev–Trinajstić information content (AvgIpc) is 3.10. The maximum Gasteiger partial charge on any atom is 0.208 e. The van der Waals surface area contributed by atoms with Crippen LogP contribution in [0, 0.1) is 0 Å². The number of aromatic nitrogens is 3. The fraction of sp³-hybridized carbons (Fsp3) is 0.167. The molecule has 3 nitrogen and oxygen atoms in total. The zero-order valence-electron chi connectivity index (χ0n) is 9.80. The summed E-state index contributed by atoms with van der Waals surface area (Å²) in [6.45, 7) is 0. The molecule has 19 heavy (non-hydrogen) atoms. The largest absolute Gasteiger partial charge is 0.262 e. The fourth-order valence-electron chi connectivity index (χ4n) is 1.56. The Morgan fingerprint density at radius 3 is 2.95 bits per heavy atom. The molecule has 0 fully saturated rings. The molecule has 0 aliphatic heterocycles. The predicted molar refractivity (Wildman–Crippen MR) is 82.4 cm³/mol. The van der Waals surface area contributed by atoms with E-state index < -0.39 is 0 Å². The van der Waals surface area contributed by atoms with E-state index in [-0.39, 0.29) is 0 Å². The van der Waals surface area contributed by atoms with Gasteiger partial charge in [-0.05, 0) is 23.6 Å². The van der Waals surface area contributed by atoms with Crippen molar-refractivity contribution in [3.05, 3.63) is 49.6 Å². The van der Waals surface area contributed by atoms with E-state index in [0.29, 0.717) is 0 Å². The number of hydrogen-bond acceptors (Lipinski definition) is 5. The second kappa shape index (κ2) is 6.09. The van der Waals surface area contributed by atoms with Crippen LogP contribution >= 0.6 is 46.0 Å². The fourth-order valence-corrected chi connectivity index (χ4v) is 4.22. The summed E-state index contributed by atoms with van der Waals surface area (Å²) in [5, 5.41) is 10.1. The summed E-state index contributed by atoms with van der Waals surface area (Å²) in [5.74, 6) is 1.77. The van der Waals surface area contributed by atoms with Crippen LogP contribution in [0.5, 0.6) is 0 Å². The smallest absolute Gasteiger partial charge is 0.208 e. The first-order chi connectivity index (χ1) is 9.29. The molecule has 98 valence electrons. The number of aromatic amines is 1. The molecule has 0 aliphatic rings. The summed E-state index contributed by atoms with van der Waals surface area (Å²) < 4.78 is 0.823. The standard InChI is InChI=1S/C12H10ClN3S3/c13-10-4-3-9(19-10)7-18-12-14-11(15-16-12)6-8-2-1-5-17-8/h1-5H,6-7H2,(H,14,15,16). The Morgan fingerprint density at radius 2 is 2.21 bits per heavy atom. The Balaban J connectivity index is 1.59. The van der Waals surface area contributed by atoms with Gasteiger partial charge in [0.2, 0.25) is 5.16 Å². The topological polar surface area (TPSA) is 41.6 Å². The molecule has 0 aromatic carbocycles. The summed E-state index contributed by atoms with van der Waals surface area (Å²) in [6.07, 6.45) is 0.816. The van der Waals surface area contributed by atoms with E-state index in [0.717, 1.165) is 27.5 Å². The van der Waals surface area contributed by atoms with E-state index in [1.807, 2.05) is 18.2 Å². The summed E-state index contributed by atoms with van der Waals surface area (Å²) >= 11 is 10.9. The van der Waals surface area contributed by atoms with Gasteiger partial charge in [0.15, 0.2) is 0 Å². The van der Waals surface area contributed by atoms with Crippen LogP contribution in [0.1, 0.15) is 15.6 Å². The first-order valence-corrected chi connectivity index (χ1v) is 8.66. The third-order valence-corrected chi connectivity index (χ3v) is 5.59. The summed E-state index contributed by atoms with van der Waals surface area (Å²) in [7, 11) is 0. The molecule has 7 heteroatoms. The average molecular weight is 328 g/mol. The van der Waals surface area contributed by atoms with Gasteiger partial charge in [-0.15, -0.1) is 27.8 Å². The minimum atomic E-state index is 0.788. The van der Waals surface area contributed by atoms with Crippen LogP contribution in [0.15, 0.2) is 34.8 Å². The van der Waals surface area contributed by atoms with Crippen molar-refractivity contribution in [1.82, 2.24) is 15.2 Å². The number of thioether (sulfide) groups is 1. The zero-order valence-corrected chi connectivity index (χ0v) is 13.0. The minimum absolute atomic E-state index is 0.788. The summed E-state index contributed by atoms with van der Waals surface area (Å²) in [5.41, 5.74) is 0. The first kappa shape index (κ1) is 13.2. The highest BCUT2D eigenvalue weighted by Gasteiger charge is 2.06. The van der Waals surface area contributed by atoms with E-state index in [9.17, 15) is 0 Å². The Morgan fingerprint density at radius 1 is 1.26 bits per heavy atom. The quantitative estimate of drug-likeness (QED) is 0.703. The normalized spacial score (nSPS) is 11.0. The van der Waals surface area contributed by atoms with Crippen molar-refractivity contribution in [2.45, 2.75) is 17.3 Å². The van der Waals surface area contributed by atoms with Crippen molar-refractivity contribution in [1.29, 1.82) is 0 Å². The maximum atomic E-state index is 5.90. The van der Waals surface area contributed by atoms with Crippen molar-refractivity contribution in [3.63, 3.8) is 0 Å². The van der Waals surface area contributed by atoms with E-state index in [1.54, 1.807) is 34.4 Å². The van der Waals surface area contributed by atoms with Crippen LogP contribution in [0.4, 0.5) is 0 Å². The molecule has 0 atom stereocenters. The SMILES string of the molecule is Clc1ccc(CSc2n[nH]c(Cc3cccs3)n2)s1. The van der Waals surface area contributed by atoms with Gasteiger partial charge >= 0.3 is 0 Å². The van der Waals surface area contributed by atoms with Gasteiger partial charge in [-0.25, -0.2) is 4.98 Å². The Bertz CT molecular complexity index is 645. The third-order valence-electron chi connectivity index (χ3n) is 2.41. The van der Waals surface area contributed by atoms with Gasteiger partial charge in [-0.2, -0.15) is 0 Å². The molecule has 0 bridgehead atoms. The number of nitrogens with zero attached hydrogens (tertiary/aromatic N) is 2. The predicted octanol–water partition coefficient (Wildman–Crippen LogP) is 4.46. The zero-order chi connectivity index (χ0) is 13.1. The Labute approximate surface area is 128 Å². The van der Waals surface area contributed by atoms with Gasteiger partial charge in [0.05, 0.1) is 4.34 Å². The number of hydrogen-bond donors (Lipinski definition) is 1. The molecule has 0 aliphatic carbocycles. The van der Waals surface area contributed by atoms with Crippen LogP contribution in [-0.4, -0.2) is 15.2 Å². The van der Waals surface area contributed by atoms with E-state index in [4.69, 9.17) is 11.6 Å². The van der Waals surface area contributed by atoms with Crippen LogP contribution in [0.2, 0.25) is 4.34 Å². The van der Waals surface area contributed by atoms with E-state index >= 15 is 0 Å². The van der Waals surface area contributed by atoms with Crippen molar-refractivity contribution < 1.29 is 0 Å². The number of H-pyrrole nitrogens is 1. The number of rotatable bonds is 5. The van der Waals surface area contributed by atoms with Crippen LogP contribution in [0.25, 0.3) is 0 Å².